The van der Waals surface area contributed by atoms with Crippen LogP contribution in [0, 0.1) is 18.6 Å². The van der Waals surface area contributed by atoms with Crippen molar-refractivity contribution in [2.24, 2.45) is 0 Å². The summed E-state index contributed by atoms with van der Waals surface area (Å²) in [5.74, 6) is -4.25. The molecular formula is C23H16F2N2O5S. The van der Waals surface area contributed by atoms with Gasteiger partial charge in [-0.25, -0.2) is 18.6 Å². The van der Waals surface area contributed by atoms with E-state index in [4.69, 9.17) is 4.74 Å². The molecule has 1 amide bonds. The molecule has 0 spiro atoms. The van der Waals surface area contributed by atoms with Gasteiger partial charge in [-0.2, -0.15) is 0 Å². The normalized spacial score (nSPS) is 17.5. The first-order valence-electron chi connectivity index (χ1n) is 9.61. The zero-order valence-corrected chi connectivity index (χ0v) is 18.2. The third kappa shape index (κ3) is 3.89. The number of aromatic nitrogens is 1. The van der Waals surface area contributed by atoms with E-state index < -0.39 is 41.1 Å². The molecule has 0 radical (unpaired) electrons. The molecule has 7 nitrogen and oxygen atoms in total. The molecule has 0 saturated carbocycles. The summed E-state index contributed by atoms with van der Waals surface area (Å²) in [5, 5.41) is 11.0. The Kier molecular flexibility index (Phi) is 5.77. The summed E-state index contributed by atoms with van der Waals surface area (Å²) in [6, 6.07) is 8.63. The fraction of sp³-hybridized carbons (Fsp3) is 0.130. The van der Waals surface area contributed by atoms with Crippen molar-refractivity contribution in [1.29, 1.82) is 0 Å². The van der Waals surface area contributed by atoms with Gasteiger partial charge in [0.1, 0.15) is 22.3 Å². The molecule has 1 saturated heterocycles. The van der Waals surface area contributed by atoms with E-state index in [1.807, 2.05) is 0 Å². The van der Waals surface area contributed by atoms with Crippen LogP contribution >= 0.6 is 11.3 Å². The smallest absolute Gasteiger partial charge is 0.350 e. The second kappa shape index (κ2) is 8.55. The number of anilines is 1. The van der Waals surface area contributed by atoms with Crippen molar-refractivity contribution in [3.8, 4) is 0 Å². The van der Waals surface area contributed by atoms with Crippen LogP contribution in [-0.4, -0.2) is 34.9 Å². The summed E-state index contributed by atoms with van der Waals surface area (Å²) in [6.07, 6.45) is 0. The lowest BCUT2D eigenvalue weighted by atomic mass is 9.95. The van der Waals surface area contributed by atoms with Crippen LogP contribution in [0.25, 0.3) is 5.76 Å². The highest BCUT2D eigenvalue weighted by atomic mass is 32.1. The number of aliphatic hydroxyl groups is 1. The van der Waals surface area contributed by atoms with E-state index in [2.05, 4.69) is 4.98 Å². The number of aryl methyl sites for hydroxylation is 1. The van der Waals surface area contributed by atoms with Crippen LogP contribution in [0.2, 0.25) is 0 Å². The molecule has 0 bridgehead atoms. The van der Waals surface area contributed by atoms with Crippen molar-refractivity contribution in [2.45, 2.75) is 13.0 Å². The summed E-state index contributed by atoms with van der Waals surface area (Å²) in [6.45, 7) is 1.55. The van der Waals surface area contributed by atoms with Crippen LogP contribution in [0.3, 0.4) is 0 Å². The number of Topliss-reactive ketones (excluding diaryl/α,β-unsaturated/α-hetero) is 1. The van der Waals surface area contributed by atoms with E-state index >= 15 is 0 Å². The van der Waals surface area contributed by atoms with Crippen molar-refractivity contribution >= 4 is 39.9 Å². The van der Waals surface area contributed by atoms with E-state index in [0.29, 0.717) is 11.3 Å². The number of thiazole rings is 1. The van der Waals surface area contributed by atoms with Crippen LogP contribution in [0.15, 0.2) is 54.1 Å². The number of methoxy groups -OCH3 is 1. The lowest BCUT2D eigenvalue weighted by Gasteiger charge is -2.23. The number of amides is 1. The topological polar surface area (TPSA) is 96.8 Å². The Balaban J connectivity index is 1.93. The quantitative estimate of drug-likeness (QED) is 0.266. The molecule has 1 atom stereocenters. The lowest BCUT2D eigenvalue weighted by molar-refractivity contribution is -0.132. The van der Waals surface area contributed by atoms with E-state index in [0.717, 1.165) is 40.5 Å². The molecule has 2 aromatic carbocycles. The van der Waals surface area contributed by atoms with Crippen molar-refractivity contribution < 1.29 is 33.0 Å². The molecule has 0 aliphatic carbocycles. The zero-order valence-electron chi connectivity index (χ0n) is 17.3. The Labute approximate surface area is 190 Å². The number of nitrogens with zero attached hydrogens (tertiary/aromatic N) is 2. The van der Waals surface area contributed by atoms with Gasteiger partial charge in [0.25, 0.3) is 5.78 Å². The van der Waals surface area contributed by atoms with Crippen LogP contribution in [0.5, 0.6) is 0 Å². The summed E-state index contributed by atoms with van der Waals surface area (Å²) < 4.78 is 31.7. The number of halogens is 2. The zero-order chi connectivity index (χ0) is 23.9. The van der Waals surface area contributed by atoms with Crippen molar-refractivity contribution in [2.75, 3.05) is 12.0 Å². The Morgan fingerprint density at radius 1 is 1.06 bits per heavy atom. The second-order valence-electron chi connectivity index (χ2n) is 7.13. The molecule has 1 aliphatic heterocycles. The molecular weight excluding hydrogens is 454 g/mol. The van der Waals surface area contributed by atoms with Crippen molar-refractivity contribution in [3.05, 3.63) is 87.4 Å². The van der Waals surface area contributed by atoms with Crippen LogP contribution in [0.1, 0.15) is 32.5 Å². The van der Waals surface area contributed by atoms with Gasteiger partial charge in [-0.3, -0.25) is 14.5 Å². The molecule has 1 N–H and O–H groups in total. The molecule has 3 aromatic rings. The number of esters is 1. The van der Waals surface area contributed by atoms with Gasteiger partial charge in [-0.15, -0.1) is 0 Å². The van der Waals surface area contributed by atoms with Gasteiger partial charge in [0, 0.05) is 5.56 Å². The van der Waals surface area contributed by atoms with E-state index in [1.54, 1.807) is 6.92 Å². The number of carbonyl (C=O) groups is 3. The number of carbonyl (C=O) groups excluding carboxylic acids is 3. The Morgan fingerprint density at radius 3 is 2.21 bits per heavy atom. The molecule has 33 heavy (non-hydrogen) atoms. The summed E-state index contributed by atoms with van der Waals surface area (Å²) in [5.41, 5.74) is 0.463. The lowest BCUT2D eigenvalue weighted by Crippen LogP contribution is -2.29. The number of aliphatic hydroxyl groups excluding tert-OH is 1. The predicted octanol–water partition coefficient (Wildman–Crippen LogP) is 4.14. The average molecular weight is 470 g/mol. The number of benzene rings is 2. The molecule has 10 heteroatoms. The van der Waals surface area contributed by atoms with Gasteiger partial charge < -0.3 is 9.84 Å². The third-order valence-corrected chi connectivity index (χ3v) is 6.25. The van der Waals surface area contributed by atoms with E-state index in [9.17, 15) is 28.3 Å². The highest BCUT2D eigenvalue weighted by molar-refractivity contribution is 7.17. The minimum Gasteiger partial charge on any atom is -0.507 e. The number of rotatable bonds is 4. The van der Waals surface area contributed by atoms with Crippen LogP contribution in [-0.2, 0) is 14.3 Å². The molecule has 1 fully saturated rings. The summed E-state index contributed by atoms with van der Waals surface area (Å²) in [4.78, 5) is 43.6. The molecule has 1 aliphatic rings. The third-order valence-electron chi connectivity index (χ3n) is 5.11. The number of hydrogen-bond acceptors (Lipinski definition) is 7. The van der Waals surface area contributed by atoms with Crippen molar-refractivity contribution in [3.63, 3.8) is 0 Å². The minimum absolute atomic E-state index is 0.0301. The molecule has 2 heterocycles. The summed E-state index contributed by atoms with van der Waals surface area (Å²) >= 11 is 0.848. The first-order chi connectivity index (χ1) is 15.7. The maximum absolute atomic E-state index is 13.6. The average Bonchev–Trinajstić information content (AvgIpc) is 3.31. The van der Waals surface area contributed by atoms with Crippen molar-refractivity contribution in [1.82, 2.24) is 4.98 Å². The number of ketones is 1. The highest BCUT2D eigenvalue weighted by Gasteiger charge is 2.48. The first kappa shape index (κ1) is 22.3. The molecule has 1 unspecified atom stereocenters. The van der Waals surface area contributed by atoms with Gasteiger partial charge in [0.05, 0.1) is 24.4 Å². The second-order valence-corrected chi connectivity index (χ2v) is 8.11. The molecule has 4 rings (SSSR count). The van der Waals surface area contributed by atoms with Crippen LogP contribution < -0.4 is 4.90 Å². The Hall–Kier alpha value is -3.92. The molecule has 1 aromatic heterocycles. The van der Waals surface area contributed by atoms with Gasteiger partial charge in [-0.05, 0) is 48.9 Å². The van der Waals surface area contributed by atoms with E-state index in [1.165, 1.54) is 31.4 Å². The SMILES string of the molecule is COC(=O)c1sc(N2C(=O)C(=O)/C(=C(/O)c3ccc(F)cc3)C2c2ccc(F)cc2)nc1C. The largest absolute Gasteiger partial charge is 0.507 e. The highest BCUT2D eigenvalue weighted by Crippen LogP contribution is 2.43. The fourth-order valence-electron chi connectivity index (χ4n) is 3.52. The predicted molar refractivity (Wildman–Crippen MR) is 116 cm³/mol. The minimum atomic E-state index is -1.16. The van der Waals surface area contributed by atoms with Crippen LogP contribution in [0.4, 0.5) is 13.9 Å². The van der Waals surface area contributed by atoms with Gasteiger partial charge in [-0.1, -0.05) is 23.5 Å². The van der Waals surface area contributed by atoms with Gasteiger partial charge >= 0.3 is 11.9 Å². The first-order valence-corrected chi connectivity index (χ1v) is 10.4. The van der Waals surface area contributed by atoms with Gasteiger partial charge in [0.15, 0.2) is 5.13 Å². The van der Waals surface area contributed by atoms with Gasteiger partial charge in [0.2, 0.25) is 0 Å². The van der Waals surface area contributed by atoms with E-state index in [-0.39, 0.29) is 21.1 Å². The standard InChI is InChI=1S/C23H16F2N2O5S/c1-11-20(22(31)32-2)33-23(26-11)27-17(12-3-7-14(24)8-4-12)16(19(29)21(27)30)18(28)13-5-9-15(25)10-6-13/h3-10,17,28H,1-2H3/b18-16+. The maximum Gasteiger partial charge on any atom is 0.350 e. The monoisotopic (exact) mass is 470 g/mol. The maximum atomic E-state index is 13.6. The summed E-state index contributed by atoms with van der Waals surface area (Å²) in [7, 11) is 1.20. The Morgan fingerprint density at radius 2 is 1.64 bits per heavy atom. The fourth-order valence-corrected chi connectivity index (χ4v) is 4.53. The Bertz CT molecular complexity index is 1300. The number of ether oxygens (including phenoxy) is 1. The number of hydrogen-bond donors (Lipinski definition) is 1. The molecule has 168 valence electrons.